The maximum atomic E-state index is 10.6. The molecule has 0 aliphatic heterocycles. The van der Waals surface area contributed by atoms with Gasteiger partial charge in [0, 0.05) is 5.69 Å². The van der Waals surface area contributed by atoms with Crippen LogP contribution in [-0.2, 0) is 9.59 Å². The first kappa shape index (κ1) is 12.1. The summed E-state index contributed by atoms with van der Waals surface area (Å²) < 4.78 is 0. The van der Waals surface area contributed by atoms with Gasteiger partial charge < -0.3 is 15.5 Å². The number of nitrogens with one attached hydrogen (secondary N) is 1. The highest BCUT2D eigenvalue weighted by molar-refractivity contribution is 7.84. The largest absolute Gasteiger partial charge is 0.477 e. The van der Waals surface area contributed by atoms with Crippen LogP contribution >= 0.6 is 12.6 Å². The number of anilines is 1. The van der Waals surface area contributed by atoms with Gasteiger partial charge in [-0.15, -0.1) is 12.6 Å². The number of carboxylic acids is 2. The Balaban J connectivity index is 2.99. The summed E-state index contributed by atoms with van der Waals surface area (Å²) in [6.07, 6.45) is 0. The topological polar surface area (TPSA) is 86.6 Å². The second kappa shape index (κ2) is 5.22. The molecule has 0 heterocycles. The zero-order chi connectivity index (χ0) is 12.1. The Kier molecular flexibility index (Phi) is 3.96. The molecule has 1 aromatic carbocycles. The lowest BCUT2D eigenvalue weighted by molar-refractivity contribution is -0.140. The minimum Gasteiger partial charge on any atom is -0.477 e. The molecule has 0 aromatic heterocycles. The second-order valence-electron chi connectivity index (χ2n) is 2.82. The number of aliphatic carboxylic acids is 2. The molecule has 0 saturated carbocycles. The molecule has 0 fully saturated rings. The highest BCUT2D eigenvalue weighted by Crippen LogP contribution is 2.15. The van der Waals surface area contributed by atoms with Gasteiger partial charge in [-0.2, -0.15) is 0 Å². The number of hydrogen-bond donors (Lipinski definition) is 4. The molecule has 0 bridgehead atoms. The Morgan fingerprint density at radius 1 is 1.06 bits per heavy atom. The summed E-state index contributed by atoms with van der Waals surface area (Å²) in [5.41, 5.74) is -0.236. The number of benzene rings is 1. The molecule has 0 aliphatic rings. The van der Waals surface area contributed by atoms with E-state index in [1.165, 1.54) is 0 Å². The Labute approximate surface area is 96.8 Å². The first-order valence-electron chi connectivity index (χ1n) is 4.24. The van der Waals surface area contributed by atoms with Crippen molar-refractivity contribution in [1.82, 2.24) is 0 Å². The van der Waals surface area contributed by atoms with Gasteiger partial charge in [-0.1, -0.05) is 18.2 Å². The first-order chi connectivity index (χ1) is 7.52. The number of para-hydroxylation sites is 1. The number of thiol groups is 1. The van der Waals surface area contributed by atoms with E-state index in [9.17, 15) is 9.59 Å². The van der Waals surface area contributed by atoms with Gasteiger partial charge in [-0.3, -0.25) is 0 Å². The van der Waals surface area contributed by atoms with Crippen LogP contribution in [0, 0.1) is 0 Å². The summed E-state index contributed by atoms with van der Waals surface area (Å²) in [5.74, 6) is -3.08. The molecule has 1 rings (SSSR count). The fourth-order valence-electron chi connectivity index (χ4n) is 1.01. The monoisotopic (exact) mass is 239 g/mol. The number of hydrogen-bond acceptors (Lipinski definition) is 4. The van der Waals surface area contributed by atoms with Crippen molar-refractivity contribution in [2.75, 3.05) is 5.32 Å². The molecule has 3 N–H and O–H groups in total. The van der Waals surface area contributed by atoms with Crippen molar-refractivity contribution >= 4 is 30.3 Å². The average Bonchev–Trinajstić information content (AvgIpc) is 2.17. The summed E-state index contributed by atoms with van der Waals surface area (Å²) in [6.45, 7) is 0. The molecule has 0 spiro atoms. The summed E-state index contributed by atoms with van der Waals surface area (Å²) in [5, 5.41) is 19.7. The van der Waals surface area contributed by atoms with Crippen LogP contribution in [0.1, 0.15) is 0 Å². The van der Waals surface area contributed by atoms with Gasteiger partial charge in [-0.05, 0) is 12.1 Å². The molecule has 0 radical (unpaired) electrons. The normalized spacial score (nSPS) is 9.31. The van der Waals surface area contributed by atoms with Crippen LogP contribution in [0.4, 0.5) is 5.69 Å². The summed E-state index contributed by atoms with van der Waals surface area (Å²) >= 11 is 3.82. The summed E-state index contributed by atoms with van der Waals surface area (Å²) in [7, 11) is 0. The molecular formula is C10H9NO4S. The van der Waals surface area contributed by atoms with E-state index in [1.54, 1.807) is 30.3 Å². The van der Waals surface area contributed by atoms with E-state index in [0.29, 0.717) is 5.69 Å². The van der Waals surface area contributed by atoms with Crippen LogP contribution in [0.2, 0.25) is 0 Å². The number of carbonyl (C=O) groups is 2. The lowest BCUT2D eigenvalue weighted by Crippen LogP contribution is -2.15. The third-order valence-electron chi connectivity index (χ3n) is 1.70. The fourth-order valence-corrected chi connectivity index (χ4v) is 1.34. The Morgan fingerprint density at radius 3 is 2.00 bits per heavy atom. The molecule has 0 unspecified atom stereocenters. The highest BCUT2D eigenvalue weighted by atomic mass is 32.1. The smallest absolute Gasteiger partial charge is 0.345 e. The van der Waals surface area contributed by atoms with Crippen molar-refractivity contribution in [3.8, 4) is 0 Å². The summed E-state index contributed by atoms with van der Waals surface area (Å²) in [6, 6.07) is 8.56. The Bertz CT molecular complexity index is 425. The fraction of sp³-hybridized carbons (Fsp3) is 0. The maximum absolute atomic E-state index is 10.6. The lowest BCUT2D eigenvalue weighted by atomic mass is 10.3. The number of rotatable bonds is 4. The molecule has 16 heavy (non-hydrogen) atoms. The van der Waals surface area contributed by atoms with Gasteiger partial charge in [0.2, 0.25) is 0 Å². The second-order valence-corrected chi connectivity index (χ2v) is 3.27. The van der Waals surface area contributed by atoms with E-state index in [4.69, 9.17) is 10.2 Å². The first-order valence-corrected chi connectivity index (χ1v) is 4.69. The average molecular weight is 239 g/mol. The third-order valence-corrected chi connectivity index (χ3v) is 2.04. The third kappa shape index (κ3) is 3.03. The van der Waals surface area contributed by atoms with E-state index >= 15 is 0 Å². The molecule has 5 nitrogen and oxygen atoms in total. The molecule has 0 saturated heterocycles. The zero-order valence-corrected chi connectivity index (χ0v) is 8.94. The van der Waals surface area contributed by atoms with Gasteiger partial charge in [0.05, 0.1) is 5.03 Å². The predicted molar refractivity (Wildman–Crippen MR) is 61.3 cm³/mol. The minimum absolute atomic E-state index is 0.216. The SMILES string of the molecule is O=C(O)C(C(=O)O)=C(S)Nc1ccccc1. The van der Waals surface area contributed by atoms with Gasteiger partial charge in [0.25, 0.3) is 0 Å². The standard InChI is InChI=1S/C10H9NO4S/c12-9(13)7(10(14)15)8(16)11-6-4-2-1-3-5-6/h1-5,11,16H,(H,12,13)(H,14,15). The van der Waals surface area contributed by atoms with Crippen molar-refractivity contribution in [1.29, 1.82) is 0 Å². The van der Waals surface area contributed by atoms with E-state index in [-0.39, 0.29) is 5.03 Å². The van der Waals surface area contributed by atoms with Crippen molar-refractivity contribution < 1.29 is 19.8 Å². The molecule has 0 amide bonds. The Morgan fingerprint density at radius 2 is 1.56 bits per heavy atom. The van der Waals surface area contributed by atoms with Crippen molar-refractivity contribution in [2.45, 2.75) is 0 Å². The van der Waals surface area contributed by atoms with E-state index in [1.807, 2.05) is 0 Å². The Hall–Kier alpha value is -1.95. The van der Waals surface area contributed by atoms with Crippen LogP contribution in [0.5, 0.6) is 0 Å². The maximum Gasteiger partial charge on any atom is 0.345 e. The van der Waals surface area contributed by atoms with Crippen LogP contribution in [-0.4, -0.2) is 22.2 Å². The van der Waals surface area contributed by atoms with E-state index < -0.39 is 17.5 Å². The van der Waals surface area contributed by atoms with Crippen LogP contribution in [0.25, 0.3) is 0 Å². The minimum atomic E-state index is -1.54. The van der Waals surface area contributed by atoms with Crippen molar-refractivity contribution in [3.63, 3.8) is 0 Å². The number of carboxylic acid groups (broad SMARTS) is 2. The van der Waals surface area contributed by atoms with E-state index in [2.05, 4.69) is 17.9 Å². The van der Waals surface area contributed by atoms with Crippen molar-refractivity contribution in [3.05, 3.63) is 40.9 Å². The lowest BCUT2D eigenvalue weighted by Gasteiger charge is -2.07. The van der Waals surface area contributed by atoms with Crippen LogP contribution in [0.15, 0.2) is 40.9 Å². The van der Waals surface area contributed by atoms with Crippen molar-refractivity contribution in [2.24, 2.45) is 0 Å². The van der Waals surface area contributed by atoms with Crippen LogP contribution < -0.4 is 5.32 Å². The molecular weight excluding hydrogens is 230 g/mol. The van der Waals surface area contributed by atoms with Crippen LogP contribution in [0.3, 0.4) is 0 Å². The van der Waals surface area contributed by atoms with Gasteiger partial charge in [0.1, 0.15) is 0 Å². The molecule has 1 aromatic rings. The zero-order valence-electron chi connectivity index (χ0n) is 8.04. The molecule has 84 valence electrons. The quantitative estimate of drug-likeness (QED) is 0.276. The predicted octanol–water partition coefficient (Wildman–Crippen LogP) is 1.41. The van der Waals surface area contributed by atoms with E-state index in [0.717, 1.165) is 0 Å². The van der Waals surface area contributed by atoms with Gasteiger partial charge >= 0.3 is 11.9 Å². The molecule has 0 atom stereocenters. The highest BCUT2D eigenvalue weighted by Gasteiger charge is 2.20. The molecule has 0 aliphatic carbocycles. The van der Waals surface area contributed by atoms with Gasteiger partial charge in [-0.25, -0.2) is 9.59 Å². The van der Waals surface area contributed by atoms with Gasteiger partial charge in [0.15, 0.2) is 5.57 Å². The molecule has 6 heteroatoms. The summed E-state index contributed by atoms with van der Waals surface area (Å²) in [4.78, 5) is 21.3.